The van der Waals surface area contributed by atoms with Gasteiger partial charge in [-0.15, -0.1) is 11.3 Å². The van der Waals surface area contributed by atoms with E-state index in [1.165, 1.54) is 5.56 Å². The Kier molecular flexibility index (Phi) is 6.71. The molecule has 0 spiro atoms. The number of ether oxygens (including phenoxy) is 1. The first-order chi connectivity index (χ1) is 14.2. The number of aryl methyl sites for hydroxylation is 1. The third kappa shape index (κ3) is 5.30. The number of anilines is 1. The normalized spacial score (nSPS) is 15.3. The number of amides is 1. The number of morpholine rings is 1. The van der Waals surface area contributed by atoms with E-state index in [0.717, 1.165) is 59.5 Å². The zero-order valence-electron chi connectivity index (χ0n) is 16.5. The molecule has 0 bridgehead atoms. The molecule has 0 atom stereocenters. The second-order valence-corrected chi connectivity index (χ2v) is 9.10. The molecule has 152 valence electrons. The highest BCUT2D eigenvalue weighted by Crippen LogP contribution is 2.30. The van der Waals surface area contributed by atoms with Crippen molar-refractivity contribution < 1.29 is 9.53 Å². The van der Waals surface area contributed by atoms with Crippen LogP contribution in [0.25, 0.3) is 16.3 Å². The fourth-order valence-electron chi connectivity index (χ4n) is 3.34. The Bertz CT molecular complexity index is 975. The van der Waals surface area contributed by atoms with Gasteiger partial charge in [-0.2, -0.15) is 0 Å². The van der Waals surface area contributed by atoms with Crippen molar-refractivity contribution in [2.75, 3.05) is 44.3 Å². The smallest absolute Gasteiger partial charge is 0.252 e. The Morgan fingerprint density at radius 2 is 2.17 bits per heavy atom. The third-order valence-corrected chi connectivity index (χ3v) is 6.80. The number of fused-ring (bicyclic) bond motifs is 1. The van der Waals surface area contributed by atoms with Gasteiger partial charge in [0.05, 0.1) is 23.4 Å². The van der Waals surface area contributed by atoms with Crippen molar-refractivity contribution in [3.05, 3.63) is 52.2 Å². The molecule has 0 N–H and O–H groups in total. The Labute approximate surface area is 179 Å². The van der Waals surface area contributed by atoms with Gasteiger partial charge in [0.2, 0.25) is 0 Å². The topological polar surface area (TPSA) is 45.7 Å². The summed E-state index contributed by atoms with van der Waals surface area (Å²) in [6.07, 6.45) is 4.46. The summed E-state index contributed by atoms with van der Waals surface area (Å²) in [6, 6.07) is 10.2. The van der Waals surface area contributed by atoms with Crippen LogP contribution in [-0.4, -0.2) is 55.2 Å². The van der Waals surface area contributed by atoms with Crippen molar-refractivity contribution in [3.63, 3.8) is 0 Å². The van der Waals surface area contributed by atoms with Gasteiger partial charge in [0, 0.05) is 37.1 Å². The van der Waals surface area contributed by atoms with E-state index in [1.54, 1.807) is 28.7 Å². The number of aromatic nitrogens is 1. The molecule has 1 amide bonds. The van der Waals surface area contributed by atoms with Crippen LogP contribution in [-0.2, 0) is 9.53 Å². The maximum atomic E-state index is 13.0. The fourth-order valence-corrected chi connectivity index (χ4v) is 5.06. The van der Waals surface area contributed by atoms with E-state index in [4.69, 9.17) is 9.72 Å². The Morgan fingerprint density at radius 1 is 1.31 bits per heavy atom. The molecule has 4 rings (SSSR count). The monoisotopic (exact) mass is 427 g/mol. The first-order valence-electron chi connectivity index (χ1n) is 9.89. The highest BCUT2D eigenvalue weighted by atomic mass is 32.1. The minimum Gasteiger partial charge on any atom is -0.379 e. The summed E-state index contributed by atoms with van der Waals surface area (Å²) < 4.78 is 6.54. The van der Waals surface area contributed by atoms with Gasteiger partial charge in [-0.05, 0) is 48.6 Å². The standard InChI is InChI=1S/C22H25N3O2S2/c1-17-5-7-19-20(16-17)29-22(23-19)25(10-3-9-24-11-13-27-14-12-24)21(26)8-6-18-4-2-15-28-18/h2,4-8,15-16H,3,9-14H2,1H3/b8-6+. The molecule has 0 unspecified atom stereocenters. The van der Waals surface area contributed by atoms with Crippen LogP contribution in [0.4, 0.5) is 5.13 Å². The van der Waals surface area contributed by atoms with Gasteiger partial charge < -0.3 is 4.74 Å². The van der Waals surface area contributed by atoms with Crippen LogP contribution in [0.15, 0.2) is 41.8 Å². The maximum absolute atomic E-state index is 13.0. The highest BCUT2D eigenvalue weighted by Gasteiger charge is 2.19. The Morgan fingerprint density at radius 3 is 2.97 bits per heavy atom. The van der Waals surface area contributed by atoms with E-state index in [2.05, 4.69) is 24.0 Å². The predicted molar refractivity (Wildman–Crippen MR) is 122 cm³/mol. The molecule has 1 aliphatic rings. The molecule has 1 saturated heterocycles. The summed E-state index contributed by atoms with van der Waals surface area (Å²) in [7, 11) is 0. The van der Waals surface area contributed by atoms with E-state index in [1.807, 2.05) is 34.6 Å². The van der Waals surface area contributed by atoms with Crippen LogP contribution in [0.1, 0.15) is 16.9 Å². The third-order valence-electron chi connectivity index (χ3n) is 4.92. The van der Waals surface area contributed by atoms with Crippen LogP contribution in [0.3, 0.4) is 0 Å². The van der Waals surface area contributed by atoms with E-state index < -0.39 is 0 Å². The number of thiophene rings is 1. The van der Waals surface area contributed by atoms with Crippen molar-refractivity contribution in [2.45, 2.75) is 13.3 Å². The Hall–Kier alpha value is -2.06. The summed E-state index contributed by atoms with van der Waals surface area (Å²) >= 11 is 3.21. The number of thiazole rings is 1. The van der Waals surface area contributed by atoms with Crippen LogP contribution in [0.5, 0.6) is 0 Å². The second kappa shape index (κ2) is 9.63. The van der Waals surface area contributed by atoms with Gasteiger partial charge in [0.1, 0.15) is 0 Å². The molecule has 2 aromatic heterocycles. The van der Waals surface area contributed by atoms with E-state index >= 15 is 0 Å². The number of nitrogens with zero attached hydrogens (tertiary/aromatic N) is 3. The average molecular weight is 428 g/mol. The summed E-state index contributed by atoms with van der Waals surface area (Å²) in [4.78, 5) is 23.1. The van der Waals surface area contributed by atoms with Crippen LogP contribution < -0.4 is 4.90 Å². The Balaban J connectivity index is 1.50. The number of rotatable bonds is 7. The lowest BCUT2D eigenvalue weighted by atomic mass is 10.2. The minimum atomic E-state index is -0.0174. The minimum absolute atomic E-state index is 0.0174. The molecule has 7 heteroatoms. The first kappa shape index (κ1) is 20.2. The zero-order valence-corrected chi connectivity index (χ0v) is 18.2. The molecule has 5 nitrogen and oxygen atoms in total. The fraction of sp³-hybridized carbons (Fsp3) is 0.364. The molecule has 3 aromatic rings. The van der Waals surface area contributed by atoms with Crippen LogP contribution >= 0.6 is 22.7 Å². The molecule has 1 aliphatic heterocycles. The molecule has 0 aliphatic carbocycles. The first-order valence-corrected chi connectivity index (χ1v) is 11.6. The molecule has 0 saturated carbocycles. The van der Waals surface area contributed by atoms with Crippen LogP contribution in [0, 0.1) is 6.92 Å². The summed E-state index contributed by atoms with van der Waals surface area (Å²) in [6.45, 7) is 7.22. The molecule has 29 heavy (non-hydrogen) atoms. The maximum Gasteiger partial charge on any atom is 0.252 e. The molecular weight excluding hydrogens is 402 g/mol. The van der Waals surface area contributed by atoms with Gasteiger partial charge >= 0.3 is 0 Å². The van der Waals surface area contributed by atoms with Crippen molar-refractivity contribution in [3.8, 4) is 0 Å². The van der Waals surface area contributed by atoms with Crippen molar-refractivity contribution in [1.82, 2.24) is 9.88 Å². The highest BCUT2D eigenvalue weighted by molar-refractivity contribution is 7.22. The average Bonchev–Trinajstić information content (AvgIpc) is 3.39. The number of hydrogen-bond acceptors (Lipinski definition) is 6. The van der Waals surface area contributed by atoms with E-state index in [-0.39, 0.29) is 5.91 Å². The molecule has 1 fully saturated rings. The summed E-state index contributed by atoms with van der Waals surface area (Å²) in [5.74, 6) is -0.0174. The quantitative estimate of drug-likeness (QED) is 0.523. The molecule has 0 radical (unpaired) electrons. The van der Waals surface area contributed by atoms with Crippen molar-refractivity contribution in [1.29, 1.82) is 0 Å². The van der Waals surface area contributed by atoms with Crippen molar-refractivity contribution in [2.24, 2.45) is 0 Å². The molecule has 1 aromatic carbocycles. The van der Waals surface area contributed by atoms with Gasteiger partial charge in [0.15, 0.2) is 5.13 Å². The zero-order chi connectivity index (χ0) is 20.1. The number of carbonyl (C=O) groups excluding carboxylic acids is 1. The summed E-state index contributed by atoms with van der Waals surface area (Å²) in [5.41, 5.74) is 2.15. The number of carbonyl (C=O) groups is 1. The molecular formula is C22H25N3O2S2. The number of benzene rings is 1. The van der Waals surface area contributed by atoms with Gasteiger partial charge in [-0.3, -0.25) is 14.6 Å². The SMILES string of the molecule is Cc1ccc2nc(N(CCCN3CCOCC3)C(=O)/C=C/c3cccs3)sc2c1. The summed E-state index contributed by atoms with van der Waals surface area (Å²) in [5, 5.41) is 2.79. The van der Waals surface area contributed by atoms with Gasteiger partial charge in [0.25, 0.3) is 5.91 Å². The van der Waals surface area contributed by atoms with Crippen molar-refractivity contribution >= 4 is 50.0 Å². The van der Waals surface area contributed by atoms with E-state index in [0.29, 0.717) is 6.54 Å². The van der Waals surface area contributed by atoms with Gasteiger partial charge in [-0.25, -0.2) is 4.98 Å². The van der Waals surface area contributed by atoms with Crippen LogP contribution in [0.2, 0.25) is 0 Å². The molecule has 3 heterocycles. The largest absolute Gasteiger partial charge is 0.379 e. The predicted octanol–water partition coefficient (Wildman–Crippen LogP) is 4.43. The second-order valence-electron chi connectivity index (χ2n) is 7.11. The lowest BCUT2D eigenvalue weighted by molar-refractivity contribution is -0.114. The van der Waals surface area contributed by atoms with Gasteiger partial charge in [-0.1, -0.05) is 23.5 Å². The lowest BCUT2D eigenvalue weighted by Crippen LogP contribution is -2.39. The lowest BCUT2D eigenvalue weighted by Gasteiger charge is -2.27. The van der Waals surface area contributed by atoms with E-state index in [9.17, 15) is 4.79 Å². The number of hydrogen-bond donors (Lipinski definition) is 0.